The number of nitrogens with one attached hydrogen (secondary N) is 1. The highest BCUT2D eigenvalue weighted by Gasteiger charge is 2.14. The van der Waals surface area contributed by atoms with Crippen LogP contribution in [0.25, 0.3) is 6.08 Å². The molecule has 0 radical (unpaired) electrons. The second-order valence-electron chi connectivity index (χ2n) is 4.76. The first-order valence-electron chi connectivity index (χ1n) is 6.06. The van der Waals surface area contributed by atoms with Crippen LogP contribution in [0.3, 0.4) is 0 Å². The van der Waals surface area contributed by atoms with Crippen LogP contribution in [0.5, 0.6) is 0 Å². The smallest absolute Gasteiger partial charge is 0.105 e. The van der Waals surface area contributed by atoms with Crippen LogP contribution in [0.2, 0.25) is 0 Å². The van der Waals surface area contributed by atoms with Crippen LogP contribution in [-0.4, -0.2) is 27.6 Å². The summed E-state index contributed by atoms with van der Waals surface area (Å²) < 4.78 is 1.93. The van der Waals surface area contributed by atoms with E-state index in [1.165, 1.54) is 12.8 Å². The van der Waals surface area contributed by atoms with Crippen molar-refractivity contribution in [2.75, 3.05) is 6.54 Å². The van der Waals surface area contributed by atoms with Crippen molar-refractivity contribution in [2.45, 2.75) is 39.3 Å². The Balaban J connectivity index is 1.91. The van der Waals surface area contributed by atoms with Crippen LogP contribution < -0.4 is 5.32 Å². The molecule has 0 saturated carbocycles. The van der Waals surface area contributed by atoms with Gasteiger partial charge in [-0.05, 0) is 31.4 Å². The van der Waals surface area contributed by atoms with Crippen LogP contribution in [0.1, 0.15) is 32.4 Å². The van der Waals surface area contributed by atoms with Crippen LogP contribution in [0.15, 0.2) is 12.3 Å². The van der Waals surface area contributed by atoms with E-state index in [4.69, 9.17) is 0 Å². The van der Waals surface area contributed by atoms with E-state index in [2.05, 4.69) is 35.6 Å². The van der Waals surface area contributed by atoms with Crippen molar-refractivity contribution >= 4 is 6.08 Å². The monoisotopic (exact) mass is 220 g/mol. The second kappa shape index (κ2) is 5.25. The van der Waals surface area contributed by atoms with Gasteiger partial charge in [0.25, 0.3) is 0 Å². The zero-order valence-electron chi connectivity index (χ0n) is 10.1. The highest BCUT2D eigenvalue weighted by Crippen LogP contribution is 2.08. The SMILES string of the molecule is CC(C)/C=C/c1cn(C[C@H]2CCCN2)nn1. The molecular weight excluding hydrogens is 200 g/mol. The quantitative estimate of drug-likeness (QED) is 0.840. The molecule has 1 aliphatic rings. The number of hydrogen-bond donors (Lipinski definition) is 1. The lowest BCUT2D eigenvalue weighted by Gasteiger charge is -2.08. The molecule has 1 aromatic heterocycles. The third kappa shape index (κ3) is 3.17. The highest BCUT2D eigenvalue weighted by atomic mass is 15.4. The summed E-state index contributed by atoms with van der Waals surface area (Å²) in [5.74, 6) is 0.557. The maximum atomic E-state index is 4.13. The van der Waals surface area contributed by atoms with Gasteiger partial charge in [0, 0.05) is 6.04 Å². The van der Waals surface area contributed by atoms with E-state index in [9.17, 15) is 0 Å². The summed E-state index contributed by atoms with van der Waals surface area (Å²) in [6.45, 7) is 6.38. The molecule has 4 heteroatoms. The zero-order chi connectivity index (χ0) is 11.4. The van der Waals surface area contributed by atoms with E-state index in [1.54, 1.807) is 0 Å². The Labute approximate surface area is 96.7 Å². The van der Waals surface area contributed by atoms with E-state index < -0.39 is 0 Å². The van der Waals surface area contributed by atoms with Crippen molar-refractivity contribution in [1.82, 2.24) is 20.3 Å². The molecule has 0 amide bonds. The summed E-state index contributed by atoms with van der Waals surface area (Å²) in [4.78, 5) is 0. The molecule has 88 valence electrons. The van der Waals surface area contributed by atoms with Crippen molar-refractivity contribution < 1.29 is 0 Å². The van der Waals surface area contributed by atoms with Gasteiger partial charge >= 0.3 is 0 Å². The van der Waals surface area contributed by atoms with Crippen molar-refractivity contribution in [2.24, 2.45) is 5.92 Å². The third-order valence-corrected chi connectivity index (χ3v) is 2.78. The minimum Gasteiger partial charge on any atom is -0.312 e. The fraction of sp³-hybridized carbons (Fsp3) is 0.667. The third-order valence-electron chi connectivity index (χ3n) is 2.78. The van der Waals surface area contributed by atoms with Crippen LogP contribution in [0, 0.1) is 5.92 Å². The number of allylic oxidation sites excluding steroid dienone is 1. The van der Waals surface area contributed by atoms with Gasteiger partial charge in [-0.25, -0.2) is 0 Å². The number of rotatable bonds is 4. The standard InChI is InChI=1S/C12H20N4/c1-10(2)5-6-12-9-16(15-14-12)8-11-4-3-7-13-11/h5-6,9-11,13H,3-4,7-8H2,1-2H3/b6-5+/t11-/m1/s1. The molecule has 1 saturated heterocycles. The van der Waals surface area contributed by atoms with Crippen LogP contribution >= 0.6 is 0 Å². The number of aromatic nitrogens is 3. The molecule has 0 spiro atoms. The molecular formula is C12H20N4. The first kappa shape index (κ1) is 11.3. The average molecular weight is 220 g/mol. The maximum Gasteiger partial charge on any atom is 0.105 e. The fourth-order valence-electron chi connectivity index (χ4n) is 1.91. The minimum atomic E-state index is 0.557. The molecule has 0 unspecified atom stereocenters. The van der Waals surface area contributed by atoms with Gasteiger partial charge < -0.3 is 5.32 Å². The van der Waals surface area contributed by atoms with Crippen LogP contribution in [-0.2, 0) is 6.54 Å². The van der Waals surface area contributed by atoms with Crippen LogP contribution in [0.4, 0.5) is 0 Å². The predicted molar refractivity (Wildman–Crippen MR) is 64.9 cm³/mol. The first-order valence-corrected chi connectivity index (χ1v) is 6.06. The predicted octanol–water partition coefficient (Wildman–Crippen LogP) is 1.70. The van der Waals surface area contributed by atoms with Gasteiger partial charge in [-0.1, -0.05) is 25.1 Å². The molecule has 2 heterocycles. The van der Waals surface area contributed by atoms with Crippen molar-refractivity contribution in [3.8, 4) is 0 Å². The Hall–Kier alpha value is -1.16. The molecule has 0 aromatic carbocycles. The van der Waals surface area contributed by atoms with Gasteiger partial charge in [0.1, 0.15) is 5.69 Å². The largest absolute Gasteiger partial charge is 0.312 e. The van der Waals surface area contributed by atoms with E-state index in [0.29, 0.717) is 12.0 Å². The molecule has 4 nitrogen and oxygen atoms in total. The van der Waals surface area contributed by atoms with Gasteiger partial charge in [-0.2, -0.15) is 0 Å². The second-order valence-corrected chi connectivity index (χ2v) is 4.76. The fourth-order valence-corrected chi connectivity index (χ4v) is 1.91. The molecule has 1 aliphatic heterocycles. The summed E-state index contributed by atoms with van der Waals surface area (Å²) >= 11 is 0. The van der Waals surface area contributed by atoms with E-state index in [1.807, 2.05) is 17.0 Å². The van der Waals surface area contributed by atoms with Gasteiger partial charge in [-0.3, -0.25) is 4.68 Å². The van der Waals surface area contributed by atoms with Crippen molar-refractivity contribution in [3.63, 3.8) is 0 Å². The highest BCUT2D eigenvalue weighted by molar-refractivity contribution is 5.42. The van der Waals surface area contributed by atoms with Gasteiger partial charge in [0.15, 0.2) is 0 Å². The zero-order valence-corrected chi connectivity index (χ0v) is 10.1. The normalized spacial score (nSPS) is 21.3. The average Bonchev–Trinajstić information content (AvgIpc) is 2.87. The van der Waals surface area contributed by atoms with Crippen molar-refractivity contribution in [1.29, 1.82) is 0 Å². The Morgan fingerprint density at radius 2 is 2.50 bits per heavy atom. The Morgan fingerprint density at radius 1 is 1.62 bits per heavy atom. The molecule has 16 heavy (non-hydrogen) atoms. The number of nitrogens with zero attached hydrogens (tertiary/aromatic N) is 3. The summed E-state index contributed by atoms with van der Waals surface area (Å²) in [7, 11) is 0. The topological polar surface area (TPSA) is 42.7 Å². The lowest BCUT2D eigenvalue weighted by molar-refractivity contribution is 0.466. The molecule has 1 atom stereocenters. The van der Waals surface area contributed by atoms with Gasteiger partial charge in [0.05, 0.1) is 12.7 Å². The maximum absolute atomic E-state index is 4.13. The van der Waals surface area contributed by atoms with Gasteiger partial charge in [-0.15, -0.1) is 5.10 Å². The lowest BCUT2D eigenvalue weighted by Crippen LogP contribution is -2.26. The lowest BCUT2D eigenvalue weighted by atomic mass is 10.2. The summed E-state index contributed by atoms with van der Waals surface area (Å²) in [6, 6.07) is 0.573. The molecule has 1 N–H and O–H groups in total. The molecule has 0 aliphatic carbocycles. The molecule has 0 bridgehead atoms. The molecule has 1 aromatic rings. The van der Waals surface area contributed by atoms with Crippen molar-refractivity contribution in [3.05, 3.63) is 18.0 Å². The summed E-state index contributed by atoms with van der Waals surface area (Å²) in [6.07, 6.45) is 8.72. The molecule has 2 rings (SSSR count). The van der Waals surface area contributed by atoms with E-state index >= 15 is 0 Å². The van der Waals surface area contributed by atoms with E-state index in [-0.39, 0.29) is 0 Å². The Bertz CT molecular complexity index is 348. The van der Waals surface area contributed by atoms with Gasteiger partial charge in [0.2, 0.25) is 0 Å². The summed E-state index contributed by atoms with van der Waals surface area (Å²) in [5, 5.41) is 11.7. The first-order chi connectivity index (χ1) is 7.74. The molecule has 1 fully saturated rings. The summed E-state index contributed by atoms with van der Waals surface area (Å²) in [5.41, 5.74) is 0.951. The Morgan fingerprint density at radius 3 is 3.19 bits per heavy atom. The van der Waals surface area contributed by atoms with E-state index in [0.717, 1.165) is 18.8 Å². The minimum absolute atomic E-state index is 0.557. The number of hydrogen-bond acceptors (Lipinski definition) is 3. The Kier molecular flexibility index (Phi) is 3.72.